The van der Waals surface area contributed by atoms with Gasteiger partial charge in [-0.05, 0) is 44.2 Å². The highest BCUT2D eigenvalue weighted by molar-refractivity contribution is 9.10. The van der Waals surface area contributed by atoms with Crippen LogP contribution < -0.4 is 14.8 Å². The average molecular weight is 403 g/mol. The summed E-state index contributed by atoms with van der Waals surface area (Å²) in [6, 6.07) is 8.27. The SMILES string of the molecule is COc1ccc(Br)c(CNc2ccc(F)c(Cl)c2)c1OC(C)C. The van der Waals surface area contributed by atoms with Gasteiger partial charge in [-0.2, -0.15) is 0 Å². The molecule has 0 unspecified atom stereocenters. The molecule has 3 nitrogen and oxygen atoms in total. The summed E-state index contributed by atoms with van der Waals surface area (Å²) in [5.41, 5.74) is 1.64. The third kappa shape index (κ3) is 4.52. The van der Waals surface area contributed by atoms with Gasteiger partial charge in [0.25, 0.3) is 0 Å². The molecule has 1 N–H and O–H groups in total. The van der Waals surface area contributed by atoms with Crippen LogP contribution in [0.2, 0.25) is 5.02 Å². The summed E-state index contributed by atoms with van der Waals surface area (Å²) in [6.45, 7) is 4.39. The molecule has 23 heavy (non-hydrogen) atoms. The van der Waals surface area contributed by atoms with Gasteiger partial charge < -0.3 is 14.8 Å². The highest BCUT2D eigenvalue weighted by Crippen LogP contribution is 2.37. The van der Waals surface area contributed by atoms with Gasteiger partial charge in [0.05, 0.1) is 18.2 Å². The molecule has 0 fully saturated rings. The second-order valence-electron chi connectivity index (χ2n) is 5.21. The number of rotatable bonds is 6. The molecule has 0 aliphatic heterocycles. The molecule has 0 aliphatic rings. The van der Waals surface area contributed by atoms with Gasteiger partial charge in [-0.1, -0.05) is 27.5 Å². The maximum atomic E-state index is 13.2. The molecule has 0 heterocycles. The Hall–Kier alpha value is -1.46. The lowest BCUT2D eigenvalue weighted by molar-refractivity contribution is 0.227. The summed E-state index contributed by atoms with van der Waals surface area (Å²) in [6.07, 6.45) is 0.0113. The van der Waals surface area contributed by atoms with Crippen molar-refractivity contribution in [2.24, 2.45) is 0 Å². The first kappa shape index (κ1) is 17.9. The molecule has 0 bridgehead atoms. The van der Waals surface area contributed by atoms with Crippen LogP contribution in [0.3, 0.4) is 0 Å². The van der Waals surface area contributed by atoms with Crippen molar-refractivity contribution < 1.29 is 13.9 Å². The number of ether oxygens (including phenoxy) is 2. The molecule has 124 valence electrons. The number of methoxy groups -OCH3 is 1. The van der Waals surface area contributed by atoms with E-state index in [4.69, 9.17) is 21.1 Å². The van der Waals surface area contributed by atoms with E-state index in [-0.39, 0.29) is 11.1 Å². The molecule has 0 radical (unpaired) electrons. The predicted molar refractivity (Wildman–Crippen MR) is 95.2 cm³/mol. The third-order valence-electron chi connectivity index (χ3n) is 3.13. The van der Waals surface area contributed by atoms with Crippen molar-refractivity contribution in [2.45, 2.75) is 26.5 Å². The topological polar surface area (TPSA) is 30.5 Å². The van der Waals surface area contributed by atoms with Crippen molar-refractivity contribution in [3.05, 3.63) is 51.2 Å². The van der Waals surface area contributed by atoms with Crippen LogP contribution in [0.4, 0.5) is 10.1 Å². The summed E-state index contributed by atoms with van der Waals surface area (Å²) in [4.78, 5) is 0. The van der Waals surface area contributed by atoms with Gasteiger partial charge in [-0.15, -0.1) is 0 Å². The van der Waals surface area contributed by atoms with E-state index in [0.717, 1.165) is 15.7 Å². The summed E-state index contributed by atoms with van der Waals surface area (Å²) in [5.74, 6) is 0.900. The number of nitrogens with one attached hydrogen (secondary N) is 1. The Morgan fingerprint density at radius 2 is 2.00 bits per heavy atom. The monoisotopic (exact) mass is 401 g/mol. The summed E-state index contributed by atoms with van der Waals surface area (Å²) in [5, 5.41) is 3.30. The van der Waals surface area contributed by atoms with Crippen molar-refractivity contribution in [2.75, 3.05) is 12.4 Å². The molecule has 0 saturated heterocycles. The van der Waals surface area contributed by atoms with E-state index in [0.29, 0.717) is 18.0 Å². The van der Waals surface area contributed by atoms with E-state index in [1.54, 1.807) is 19.2 Å². The van der Waals surface area contributed by atoms with Crippen molar-refractivity contribution >= 4 is 33.2 Å². The molecular weight excluding hydrogens is 385 g/mol. The van der Waals surface area contributed by atoms with Crippen LogP contribution in [0.1, 0.15) is 19.4 Å². The van der Waals surface area contributed by atoms with Gasteiger partial charge in [0.15, 0.2) is 11.5 Å². The van der Waals surface area contributed by atoms with Gasteiger partial charge in [0, 0.05) is 22.3 Å². The molecule has 0 atom stereocenters. The molecule has 0 aliphatic carbocycles. The van der Waals surface area contributed by atoms with E-state index < -0.39 is 5.82 Å². The van der Waals surface area contributed by atoms with E-state index in [1.807, 2.05) is 26.0 Å². The average Bonchev–Trinajstić information content (AvgIpc) is 2.50. The molecule has 0 amide bonds. The predicted octanol–water partition coefficient (Wildman–Crippen LogP) is 5.65. The fourth-order valence-corrected chi connectivity index (χ4v) is 2.70. The Bertz CT molecular complexity index is 695. The number of halogens is 3. The molecule has 0 aromatic heterocycles. The normalized spacial score (nSPS) is 10.7. The lowest BCUT2D eigenvalue weighted by atomic mass is 10.1. The Morgan fingerprint density at radius 1 is 1.26 bits per heavy atom. The first-order valence-electron chi connectivity index (χ1n) is 7.13. The Balaban J connectivity index is 2.28. The van der Waals surface area contributed by atoms with Crippen LogP contribution in [-0.2, 0) is 6.54 Å². The second kappa shape index (κ2) is 7.88. The quantitative estimate of drug-likeness (QED) is 0.677. The maximum absolute atomic E-state index is 13.2. The van der Waals surface area contributed by atoms with E-state index in [1.165, 1.54) is 6.07 Å². The Kier molecular flexibility index (Phi) is 6.13. The second-order valence-corrected chi connectivity index (χ2v) is 6.47. The van der Waals surface area contributed by atoms with E-state index in [2.05, 4.69) is 21.2 Å². The lowest BCUT2D eigenvalue weighted by Gasteiger charge is -2.19. The van der Waals surface area contributed by atoms with Gasteiger partial charge >= 0.3 is 0 Å². The largest absolute Gasteiger partial charge is 0.493 e. The number of anilines is 1. The Labute approximate surface area is 148 Å². The third-order valence-corrected chi connectivity index (χ3v) is 4.16. The molecule has 2 aromatic carbocycles. The summed E-state index contributed by atoms with van der Waals surface area (Å²) >= 11 is 9.34. The van der Waals surface area contributed by atoms with Crippen molar-refractivity contribution in [3.63, 3.8) is 0 Å². The smallest absolute Gasteiger partial charge is 0.167 e. The lowest BCUT2D eigenvalue weighted by Crippen LogP contribution is -2.11. The zero-order valence-electron chi connectivity index (χ0n) is 13.1. The number of benzene rings is 2. The zero-order chi connectivity index (χ0) is 17.0. The first-order chi connectivity index (χ1) is 10.9. The van der Waals surface area contributed by atoms with Crippen molar-refractivity contribution in [3.8, 4) is 11.5 Å². The molecule has 2 aromatic rings. The fourth-order valence-electron chi connectivity index (χ4n) is 2.07. The number of hydrogen-bond donors (Lipinski definition) is 1. The Morgan fingerprint density at radius 3 is 2.61 bits per heavy atom. The van der Waals surface area contributed by atoms with Crippen LogP contribution in [0.15, 0.2) is 34.8 Å². The van der Waals surface area contributed by atoms with Crippen molar-refractivity contribution in [1.29, 1.82) is 0 Å². The van der Waals surface area contributed by atoms with Crippen LogP contribution in [0.25, 0.3) is 0 Å². The van der Waals surface area contributed by atoms with Gasteiger partial charge in [0.2, 0.25) is 0 Å². The molecule has 6 heteroatoms. The first-order valence-corrected chi connectivity index (χ1v) is 8.30. The molecule has 2 rings (SSSR count). The summed E-state index contributed by atoms with van der Waals surface area (Å²) < 4.78 is 25.4. The van der Waals surface area contributed by atoms with Crippen LogP contribution in [0.5, 0.6) is 11.5 Å². The molecule has 0 spiro atoms. The van der Waals surface area contributed by atoms with Gasteiger partial charge in [-0.25, -0.2) is 4.39 Å². The minimum absolute atomic E-state index is 0.0113. The fraction of sp³-hybridized carbons (Fsp3) is 0.294. The van der Waals surface area contributed by atoms with Gasteiger partial charge in [0.1, 0.15) is 5.82 Å². The summed E-state index contributed by atoms with van der Waals surface area (Å²) in [7, 11) is 1.60. The standard InChI is InChI=1S/C17H18BrClFNO2/c1-10(2)23-17-12(13(18)5-7-16(17)22-3)9-21-11-4-6-15(20)14(19)8-11/h4-8,10,21H,9H2,1-3H3. The van der Waals surface area contributed by atoms with Crippen LogP contribution >= 0.6 is 27.5 Å². The van der Waals surface area contributed by atoms with E-state index in [9.17, 15) is 4.39 Å². The minimum Gasteiger partial charge on any atom is -0.493 e. The molecule has 0 saturated carbocycles. The highest BCUT2D eigenvalue weighted by Gasteiger charge is 2.16. The number of hydrogen-bond acceptors (Lipinski definition) is 3. The van der Waals surface area contributed by atoms with Crippen LogP contribution in [0, 0.1) is 5.82 Å². The molecular formula is C17H18BrClFNO2. The zero-order valence-corrected chi connectivity index (χ0v) is 15.5. The maximum Gasteiger partial charge on any atom is 0.167 e. The van der Waals surface area contributed by atoms with Crippen molar-refractivity contribution in [1.82, 2.24) is 0 Å². The van der Waals surface area contributed by atoms with Crippen LogP contribution in [-0.4, -0.2) is 13.2 Å². The highest BCUT2D eigenvalue weighted by atomic mass is 79.9. The van der Waals surface area contributed by atoms with Gasteiger partial charge in [-0.3, -0.25) is 0 Å². The minimum atomic E-state index is -0.441. The van der Waals surface area contributed by atoms with E-state index >= 15 is 0 Å².